The normalized spacial score (nSPS) is 16.4. The summed E-state index contributed by atoms with van der Waals surface area (Å²) in [6.45, 7) is 14.0. The highest BCUT2D eigenvalue weighted by molar-refractivity contribution is 5.93. The molecule has 1 aliphatic heterocycles. The number of aromatic nitrogens is 1. The van der Waals surface area contributed by atoms with Crippen LogP contribution < -0.4 is 5.32 Å². The van der Waals surface area contributed by atoms with Crippen LogP contribution >= 0.6 is 0 Å². The van der Waals surface area contributed by atoms with Crippen LogP contribution in [0.3, 0.4) is 0 Å². The number of amides is 2. The minimum atomic E-state index is -0.242. The molecule has 0 aromatic carbocycles. The first-order valence-corrected chi connectivity index (χ1v) is 10.9. The fourth-order valence-corrected chi connectivity index (χ4v) is 4.06. The monoisotopic (exact) mass is 406 g/mol. The maximum absolute atomic E-state index is 13.0. The second-order valence-electron chi connectivity index (χ2n) is 9.66. The highest BCUT2D eigenvalue weighted by Gasteiger charge is 2.23. The first kappa shape index (κ1) is 23.4. The topological polar surface area (TPSA) is 78.7 Å². The molecule has 7 heteroatoms. The van der Waals surface area contributed by atoms with Crippen molar-refractivity contribution in [1.29, 1.82) is 0 Å². The average molecular weight is 407 g/mol. The van der Waals surface area contributed by atoms with E-state index in [0.29, 0.717) is 24.5 Å². The van der Waals surface area contributed by atoms with Crippen LogP contribution in [0.2, 0.25) is 0 Å². The second kappa shape index (κ2) is 10.8. The number of likely N-dealkylation sites (tertiary alicyclic amines) is 1. The van der Waals surface area contributed by atoms with E-state index < -0.39 is 0 Å². The quantitative estimate of drug-likeness (QED) is 0.676. The third-order valence-corrected chi connectivity index (χ3v) is 5.20. The van der Waals surface area contributed by atoms with Gasteiger partial charge in [-0.25, -0.2) is 0 Å². The van der Waals surface area contributed by atoms with Crippen LogP contribution in [0.5, 0.6) is 0 Å². The molecule has 7 nitrogen and oxygen atoms in total. The molecule has 0 radical (unpaired) electrons. The van der Waals surface area contributed by atoms with Crippen LogP contribution in [0.1, 0.15) is 65.6 Å². The summed E-state index contributed by atoms with van der Waals surface area (Å²) in [5.74, 6) is 1.10. The predicted octanol–water partition coefficient (Wildman–Crippen LogP) is 3.70. The Morgan fingerprint density at radius 1 is 1.28 bits per heavy atom. The number of nitrogens with zero attached hydrogens (tertiary/aromatic N) is 3. The molecule has 2 amide bonds. The van der Waals surface area contributed by atoms with Crippen LogP contribution in [0.4, 0.5) is 5.82 Å². The van der Waals surface area contributed by atoms with Crippen molar-refractivity contribution in [2.24, 2.45) is 11.3 Å². The summed E-state index contributed by atoms with van der Waals surface area (Å²) in [4.78, 5) is 29.6. The molecule has 29 heavy (non-hydrogen) atoms. The molecule has 0 bridgehead atoms. The summed E-state index contributed by atoms with van der Waals surface area (Å²) in [6, 6.07) is 1.67. The van der Waals surface area contributed by atoms with Crippen LogP contribution in [0.25, 0.3) is 0 Å². The first-order chi connectivity index (χ1) is 13.6. The zero-order valence-electron chi connectivity index (χ0n) is 18.8. The molecule has 0 saturated carbocycles. The Morgan fingerprint density at radius 3 is 2.55 bits per heavy atom. The van der Waals surface area contributed by atoms with E-state index in [4.69, 9.17) is 4.52 Å². The number of aryl methyl sites for hydroxylation is 1. The van der Waals surface area contributed by atoms with E-state index in [9.17, 15) is 9.59 Å². The number of carbonyl (C=O) groups excluding carboxylic acids is 2. The number of carbonyl (C=O) groups is 2. The van der Waals surface area contributed by atoms with Crippen molar-refractivity contribution in [2.75, 3.05) is 38.0 Å². The molecule has 0 aliphatic carbocycles. The minimum absolute atomic E-state index is 0.0425. The van der Waals surface area contributed by atoms with Gasteiger partial charge in [0.1, 0.15) is 5.76 Å². The number of hydrogen-bond acceptors (Lipinski definition) is 5. The standard InChI is InChI=1S/C22H38N4O3/c1-17(15-22(3,4)5)13-21(28)26(12-11-25-9-7-6-8-10-25)16-20(27)23-19-14-18(2)29-24-19/h14,17H,6-13,15-16H2,1-5H3,(H,23,24,27). The van der Waals surface area contributed by atoms with Crippen molar-refractivity contribution in [3.63, 3.8) is 0 Å². The molecule has 2 rings (SSSR count). The molecule has 1 aliphatic rings. The Balaban J connectivity index is 1.94. The number of rotatable bonds is 9. The van der Waals surface area contributed by atoms with E-state index in [1.54, 1.807) is 17.9 Å². The summed E-state index contributed by atoms with van der Waals surface area (Å²) in [7, 11) is 0. The zero-order valence-corrected chi connectivity index (χ0v) is 18.8. The van der Waals surface area contributed by atoms with E-state index in [1.165, 1.54) is 19.3 Å². The number of anilines is 1. The van der Waals surface area contributed by atoms with E-state index in [-0.39, 0.29) is 29.7 Å². The van der Waals surface area contributed by atoms with Crippen molar-refractivity contribution in [2.45, 2.75) is 66.7 Å². The van der Waals surface area contributed by atoms with Gasteiger partial charge in [-0.3, -0.25) is 9.59 Å². The summed E-state index contributed by atoms with van der Waals surface area (Å²) >= 11 is 0. The van der Waals surface area contributed by atoms with Gasteiger partial charge in [-0.05, 0) is 50.6 Å². The fourth-order valence-electron chi connectivity index (χ4n) is 4.06. The molecule has 1 unspecified atom stereocenters. The largest absolute Gasteiger partial charge is 0.360 e. The molecule has 1 atom stereocenters. The molecule has 0 spiro atoms. The lowest BCUT2D eigenvalue weighted by molar-refractivity contribution is -0.135. The second-order valence-corrected chi connectivity index (χ2v) is 9.66. The molecule has 1 N–H and O–H groups in total. The summed E-state index contributed by atoms with van der Waals surface area (Å²) in [5, 5.41) is 6.52. The van der Waals surface area contributed by atoms with Crippen molar-refractivity contribution < 1.29 is 14.1 Å². The van der Waals surface area contributed by atoms with Gasteiger partial charge in [0, 0.05) is 25.6 Å². The number of nitrogens with one attached hydrogen (secondary N) is 1. The van der Waals surface area contributed by atoms with Crippen LogP contribution in [-0.2, 0) is 9.59 Å². The Morgan fingerprint density at radius 2 is 1.97 bits per heavy atom. The highest BCUT2D eigenvalue weighted by atomic mass is 16.5. The Kier molecular flexibility index (Phi) is 8.68. The molecule has 1 aromatic rings. The van der Waals surface area contributed by atoms with Gasteiger partial charge in [-0.1, -0.05) is 39.3 Å². The fraction of sp³-hybridized carbons (Fsp3) is 0.773. The van der Waals surface area contributed by atoms with Gasteiger partial charge >= 0.3 is 0 Å². The minimum Gasteiger partial charge on any atom is -0.360 e. The molecule has 2 heterocycles. The molecular formula is C22H38N4O3. The lowest BCUT2D eigenvalue weighted by Gasteiger charge is -2.31. The summed E-state index contributed by atoms with van der Waals surface area (Å²) in [6.07, 6.45) is 5.14. The smallest absolute Gasteiger partial charge is 0.245 e. The van der Waals surface area contributed by atoms with Gasteiger partial charge in [-0.15, -0.1) is 0 Å². The number of piperidine rings is 1. The molecule has 1 saturated heterocycles. The zero-order chi connectivity index (χ0) is 21.4. The van der Waals surface area contributed by atoms with Gasteiger partial charge in [0.2, 0.25) is 11.8 Å². The Bertz CT molecular complexity index is 659. The highest BCUT2D eigenvalue weighted by Crippen LogP contribution is 2.26. The van der Waals surface area contributed by atoms with Crippen molar-refractivity contribution >= 4 is 17.6 Å². The van der Waals surface area contributed by atoms with Crippen LogP contribution in [0.15, 0.2) is 10.6 Å². The first-order valence-electron chi connectivity index (χ1n) is 10.9. The van der Waals surface area contributed by atoms with Gasteiger partial charge < -0.3 is 19.6 Å². The summed E-state index contributed by atoms with van der Waals surface area (Å²) < 4.78 is 4.99. The lowest BCUT2D eigenvalue weighted by atomic mass is 9.84. The third-order valence-electron chi connectivity index (χ3n) is 5.20. The summed E-state index contributed by atoms with van der Waals surface area (Å²) in [5.41, 5.74) is 0.181. The SMILES string of the molecule is Cc1cc(NC(=O)CN(CCN2CCCCC2)C(=O)CC(C)CC(C)(C)C)no1. The van der Waals surface area contributed by atoms with Crippen molar-refractivity contribution in [3.8, 4) is 0 Å². The van der Waals surface area contributed by atoms with Gasteiger partial charge in [0.15, 0.2) is 5.82 Å². The molecule has 1 fully saturated rings. The molecule has 164 valence electrons. The predicted molar refractivity (Wildman–Crippen MR) is 115 cm³/mol. The Hall–Kier alpha value is -1.89. The van der Waals surface area contributed by atoms with Crippen molar-refractivity contribution in [3.05, 3.63) is 11.8 Å². The number of hydrogen-bond donors (Lipinski definition) is 1. The average Bonchev–Trinajstić information content (AvgIpc) is 3.02. The van der Waals surface area contributed by atoms with E-state index in [1.807, 2.05) is 0 Å². The van der Waals surface area contributed by atoms with Gasteiger partial charge in [0.05, 0.1) is 6.54 Å². The van der Waals surface area contributed by atoms with E-state index in [2.05, 4.69) is 43.1 Å². The molecular weight excluding hydrogens is 368 g/mol. The molecule has 1 aromatic heterocycles. The van der Waals surface area contributed by atoms with E-state index >= 15 is 0 Å². The Labute approximate surface area is 175 Å². The van der Waals surface area contributed by atoms with Crippen LogP contribution in [-0.4, -0.2) is 59.5 Å². The van der Waals surface area contributed by atoms with Gasteiger partial charge in [0.25, 0.3) is 0 Å². The van der Waals surface area contributed by atoms with Crippen molar-refractivity contribution in [1.82, 2.24) is 15.0 Å². The van der Waals surface area contributed by atoms with Crippen LogP contribution in [0, 0.1) is 18.3 Å². The third kappa shape index (κ3) is 8.98. The van der Waals surface area contributed by atoms with E-state index in [0.717, 1.165) is 26.1 Å². The van der Waals surface area contributed by atoms with Gasteiger partial charge in [-0.2, -0.15) is 0 Å². The lowest BCUT2D eigenvalue weighted by Crippen LogP contribution is -2.44. The maximum Gasteiger partial charge on any atom is 0.245 e. The maximum atomic E-state index is 13.0.